The second-order valence-electron chi connectivity index (χ2n) is 8.60. The van der Waals surface area contributed by atoms with E-state index in [9.17, 15) is 14.4 Å². The first kappa shape index (κ1) is 28.9. The lowest BCUT2D eigenvalue weighted by molar-refractivity contribution is -0.113. The van der Waals surface area contributed by atoms with E-state index in [-0.39, 0.29) is 28.1 Å². The molecule has 0 aliphatic carbocycles. The number of carbonyl (C=O) groups excluding carboxylic acids is 3. The van der Waals surface area contributed by atoms with Crippen molar-refractivity contribution in [3.05, 3.63) is 64.3 Å². The Kier molecular flexibility index (Phi) is 9.70. The quantitative estimate of drug-likeness (QED) is 0.208. The van der Waals surface area contributed by atoms with Gasteiger partial charge in [0, 0.05) is 20.6 Å². The van der Waals surface area contributed by atoms with Crippen molar-refractivity contribution in [2.75, 3.05) is 32.3 Å². The first-order chi connectivity index (χ1) is 18.1. The summed E-state index contributed by atoms with van der Waals surface area (Å²) in [5.74, 6) is 0.0457. The molecule has 1 unspecified atom stereocenters. The molecule has 0 saturated carbocycles. The Morgan fingerprint density at radius 2 is 1.89 bits per heavy atom. The number of hydrogen-bond donors (Lipinski definition) is 1. The highest BCUT2D eigenvalue weighted by Crippen LogP contribution is 2.34. The number of methoxy groups -OCH3 is 1. The van der Waals surface area contributed by atoms with E-state index in [1.807, 2.05) is 42.7 Å². The summed E-state index contributed by atoms with van der Waals surface area (Å²) in [5, 5.41) is 12.1. The van der Waals surface area contributed by atoms with Gasteiger partial charge in [0.15, 0.2) is 17.1 Å². The van der Waals surface area contributed by atoms with Crippen molar-refractivity contribution in [2.45, 2.75) is 38.6 Å². The van der Waals surface area contributed by atoms with Gasteiger partial charge in [-0.2, -0.15) is 0 Å². The van der Waals surface area contributed by atoms with Crippen molar-refractivity contribution in [3.63, 3.8) is 0 Å². The Morgan fingerprint density at radius 3 is 2.50 bits per heavy atom. The smallest absolute Gasteiger partial charge is 0.341 e. The fourth-order valence-corrected chi connectivity index (χ4v) is 5.52. The number of carbonyl (C=O) groups is 3. The second-order valence-corrected chi connectivity index (χ2v) is 10.6. The van der Waals surface area contributed by atoms with Crippen LogP contribution >= 0.6 is 23.1 Å². The molecule has 3 rings (SSSR count). The van der Waals surface area contributed by atoms with Crippen LogP contribution in [0.4, 0.5) is 5.00 Å². The average Bonchev–Trinajstić information content (AvgIpc) is 3.43. The molecule has 1 aromatic carbocycles. The van der Waals surface area contributed by atoms with E-state index in [0.717, 1.165) is 16.9 Å². The zero-order valence-corrected chi connectivity index (χ0v) is 23.9. The highest BCUT2D eigenvalue weighted by Gasteiger charge is 2.27. The summed E-state index contributed by atoms with van der Waals surface area (Å²) in [5.41, 5.74) is 1.76. The molecule has 3 aromatic rings. The number of esters is 1. The predicted octanol–water partition coefficient (Wildman–Crippen LogP) is 4.50. The zero-order chi connectivity index (χ0) is 28.0. The Balaban J connectivity index is 1.75. The summed E-state index contributed by atoms with van der Waals surface area (Å²) in [6.07, 6.45) is 1.33. The van der Waals surface area contributed by atoms with E-state index in [1.54, 1.807) is 27.1 Å². The maximum atomic E-state index is 12.9. The lowest BCUT2D eigenvalue weighted by Gasteiger charge is -2.16. The molecule has 38 heavy (non-hydrogen) atoms. The molecule has 1 N–H and O–H groups in total. The van der Waals surface area contributed by atoms with E-state index < -0.39 is 12.1 Å². The summed E-state index contributed by atoms with van der Waals surface area (Å²) in [7, 11) is 4.49. The maximum absolute atomic E-state index is 12.9. The third-order valence-electron chi connectivity index (χ3n) is 5.48. The van der Waals surface area contributed by atoms with Crippen LogP contribution in [-0.2, 0) is 16.1 Å². The molecule has 0 aliphatic rings. The van der Waals surface area contributed by atoms with Crippen LogP contribution in [0.25, 0.3) is 0 Å². The lowest BCUT2D eigenvalue weighted by Crippen LogP contribution is -2.21. The van der Waals surface area contributed by atoms with Crippen LogP contribution in [0, 0.1) is 13.8 Å². The zero-order valence-electron chi connectivity index (χ0n) is 22.2. The number of nitrogens with one attached hydrogen (secondary N) is 1. The first-order valence-corrected chi connectivity index (χ1v) is 13.5. The van der Waals surface area contributed by atoms with E-state index >= 15 is 0 Å². The van der Waals surface area contributed by atoms with Gasteiger partial charge in [-0.1, -0.05) is 35.5 Å². The Hall–Kier alpha value is -3.64. The minimum absolute atomic E-state index is 0.00298. The number of hydrogen-bond acceptors (Lipinski definition) is 9. The molecule has 2 amide bonds. The summed E-state index contributed by atoms with van der Waals surface area (Å²) in [4.78, 5) is 39.6. The van der Waals surface area contributed by atoms with Gasteiger partial charge >= 0.3 is 5.97 Å². The molecule has 0 saturated heterocycles. The molecule has 0 fully saturated rings. The van der Waals surface area contributed by atoms with Gasteiger partial charge in [-0.05, 0) is 38.5 Å². The number of aromatic nitrogens is 3. The van der Waals surface area contributed by atoms with Gasteiger partial charge in [0.25, 0.3) is 5.91 Å². The van der Waals surface area contributed by atoms with Crippen LogP contribution in [0.2, 0.25) is 0 Å². The van der Waals surface area contributed by atoms with Crippen LogP contribution in [0.1, 0.15) is 50.0 Å². The van der Waals surface area contributed by atoms with Crippen molar-refractivity contribution in [1.82, 2.24) is 19.7 Å². The van der Waals surface area contributed by atoms with Gasteiger partial charge in [0.05, 0.1) is 23.3 Å². The van der Waals surface area contributed by atoms with Crippen LogP contribution in [0.5, 0.6) is 5.75 Å². The highest BCUT2D eigenvalue weighted by atomic mass is 32.2. The summed E-state index contributed by atoms with van der Waals surface area (Å²) >= 11 is 2.23. The second kappa shape index (κ2) is 12.7. The number of thioether (sulfide) groups is 1. The topological polar surface area (TPSA) is 116 Å². The molecular weight excluding hydrogens is 526 g/mol. The third kappa shape index (κ3) is 6.62. The molecule has 0 bridgehead atoms. The highest BCUT2D eigenvalue weighted by molar-refractivity contribution is 7.99. The number of aryl methyl sites for hydroxylation is 1. The van der Waals surface area contributed by atoms with Crippen LogP contribution in [0.3, 0.4) is 0 Å². The number of thiophene rings is 1. The molecule has 0 radical (unpaired) electrons. The number of benzene rings is 1. The fourth-order valence-electron chi connectivity index (χ4n) is 3.53. The maximum Gasteiger partial charge on any atom is 0.341 e. The largest absolute Gasteiger partial charge is 0.483 e. The molecule has 12 heteroatoms. The molecule has 202 valence electrons. The van der Waals surface area contributed by atoms with Gasteiger partial charge < -0.3 is 19.7 Å². The molecule has 10 nitrogen and oxygen atoms in total. The van der Waals surface area contributed by atoms with Gasteiger partial charge in [0.1, 0.15) is 10.8 Å². The van der Waals surface area contributed by atoms with Crippen LogP contribution in [0.15, 0.2) is 42.1 Å². The average molecular weight is 558 g/mol. The minimum atomic E-state index is -0.627. The summed E-state index contributed by atoms with van der Waals surface area (Å²) in [6, 6.07) is 7.73. The number of anilines is 1. The number of nitrogens with zero attached hydrogens (tertiary/aromatic N) is 4. The Labute approximate surface area is 230 Å². The van der Waals surface area contributed by atoms with E-state index in [0.29, 0.717) is 33.7 Å². The third-order valence-corrected chi connectivity index (χ3v) is 7.64. The molecule has 0 aliphatic heterocycles. The van der Waals surface area contributed by atoms with Crippen molar-refractivity contribution in [1.29, 1.82) is 0 Å². The number of rotatable bonds is 11. The van der Waals surface area contributed by atoms with Gasteiger partial charge in [-0.25, -0.2) is 4.79 Å². The van der Waals surface area contributed by atoms with Gasteiger partial charge in [0.2, 0.25) is 5.91 Å². The molecule has 2 heterocycles. The first-order valence-electron chi connectivity index (χ1n) is 11.7. The van der Waals surface area contributed by atoms with Crippen LogP contribution in [-0.4, -0.2) is 64.4 Å². The van der Waals surface area contributed by atoms with E-state index in [4.69, 9.17) is 9.47 Å². The number of ether oxygens (including phenoxy) is 2. The number of allylic oxidation sites excluding steroid dienone is 1. The van der Waals surface area contributed by atoms with Gasteiger partial charge in [-0.3, -0.25) is 14.2 Å². The van der Waals surface area contributed by atoms with Crippen LogP contribution < -0.4 is 10.1 Å². The normalized spacial score (nSPS) is 11.5. The molecule has 2 aromatic heterocycles. The summed E-state index contributed by atoms with van der Waals surface area (Å²) < 4.78 is 12.8. The van der Waals surface area contributed by atoms with E-state index in [2.05, 4.69) is 22.1 Å². The fraction of sp³-hybridized carbons (Fsp3) is 0.346. The van der Waals surface area contributed by atoms with Gasteiger partial charge in [-0.15, -0.1) is 28.1 Å². The van der Waals surface area contributed by atoms with Crippen molar-refractivity contribution in [3.8, 4) is 5.75 Å². The van der Waals surface area contributed by atoms with Crippen molar-refractivity contribution < 1.29 is 23.9 Å². The minimum Gasteiger partial charge on any atom is -0.483 e. The molecule has 0 spiro atoms. The van der Waals surface area contributed by atoms with E-state index in [1.165, 1.54) is 23.8 Å². The Morgan fingerprint density at radius 1 is 1.21 bits per heavy atom. The predicted molar refractivity (Wildman–Crippen MR) is 148 cm³/mol. The standard InChI is InChI=1S/C26H31N5O5S2/c1-8-13-31-22(17(4)36-18-11-9-15(2)10-12-18)28-29-26(31)37-14-19(32)27-23-20(25(34)35-7)16(3)21(38-23)24(33)30(5)6/h8-12,17H,1,13-14H2,2-7H3,(H,27,32). The lowest BCUT2D eigenvalue weighted by atomic mass is 10.1. The van der Waals surface area contributed by atoms with Crippen molar-refractivity contribution in [2.24, 2.45) is 0 Å². The SMILES string of the molecule is C=CCn1c(SCC(=O)Nc2sc(C(=O)N(C)C)c(C)c2C(=O)OC)nnc1C(C)Oc1ccc(C)cc1. The molecule has 1 atom stereocenters. The summed E-state index contributed by atoms with van der Waals surface area (Å²) in [6.45, 7) is 9.79. The van der Waals surface area contributed by atoms with Crippen molar-refractivity contribution >= 4 is 45.9 Å². The monoisotopic (exact) mass is 557 g/mol. The molecular formula is C26H31N5O5S2. The number of amides is 2. The Bertz CT molecular complexity index is 1330.